The van der Waals surface area contributed by atoms with Crippen LogP contribution in [0.1, 0.15) is 11.1 Å². The lowest BCUT2D eigenvalue weighted by atomic mass is 10.1. The quantitative estimate of drug-likeness (QED) is 0.616. The lowest BCUT2D eigenvalue weighted by Gasteiger charge is -2.26. The molecule has 0 aromatic heterocycles. The van der Waals surface area contributed by atoms with E-state index in [4.69, 9.17) is 37.4 Å². The summed E-state index contributed by atoms with van der Waals surface area (Å²) in [6.07, 6.45) is 0. The van der Waals surface area contributed by atoms with E-state index in [-0.39, 0.29) is 0 Å². The predicted octanol–water partition coefficient (Wildman–Crippen LogP) is 4.00. The van der Waals surface area contributed by atoms with Gasteiger partial charge in [0.1, 0.15) is 6.61 Å². The van der Waals surface area contributed by atoms with Gasteiger partial charge in [0.15, 0.2) is 11.5 Å². The van der Waals surface area contributed by atoms with Gasteiger partial charge in [0.05, 0.1) is 20.3 Å². The number of para-hydroxylation sites is 1. The van der Waals surface area contributed by atoms with Crippen LogP contribution in [0.5, 0.6) is 11.5 Å². The average molecular weight is 425 g/mol. The molecule has 0 radical (unpaired) electrons. The van der Waals surface area contributed by atoms with Gasteiger partial charge in [0, 0.05) is 53.9 Å². The Morgan fingerprint density at radius 3 is 2.68 bits per heavy atom. The van der Waals surface area contributed by atoms with Crippen LogP contribution < -0.4 is 14.8 Å². The standard InChI is InChI=1S/C21H26Cl2N2O3/c1-26-20-4-2-3-16(14-24-7-8-25-9-11-27-12-10-25)21(20)28-15-17-5-6-18(22)13-19(17)23/h2-6,13,24H,7-12,14-15H2,1H3. The summed E-state index contributed by atoms with van der Waals surface area (Å²) in [5, 5.41) is 4.69. The third-order valence-corrected chi connectivity index (χ3v) is 5.28. The van der Waals surface area contributed by atoms with Gasteiger partial charge in [-0.25, -0.2) is 0 Å². The molecule has 3 rings (SSSR count). The van der Waals surface area contributed by atoms with Crippen LogP contribution in [0.15, 0.2) is 36.4 Å². The van der Waals surface area contributed by atoms with Crippen LogP contribution in [0.3, 0.4) is 0 Å². The molecule has 1 fully saturated rings. The summed E-state index contributed by atoms with van der Waals surface area (Å²) < 4.78 is 17.0. The second-order valence-electron chi connectivity index (χ2n) is 6.60. The van der Waals surface area contributed by atoms with Gasteiger partial charge in [0.25, 0.3) is 0 Å². The van der Waals surface area contributed by atoms with Crippen molar-refractivity contribution in [1.82, 2.24) is 10.2 Å². The zero-order chi connectivity index (χ0) is 19.8. The zero-order valence-electron chi connectivity index (χ0n) is 16.0. The summed E-state index contributed by atoms with van der Waals surface area (Å²) in [4.78, 5) is 2.40. The number of hydrogen-bond acceptors (Lipinski definition) is 5. The molecule has 0 amide bonds. The minimum Gasteiger partial charge on any atom is -0.493 e. The Hall–Kier alpha value is -1.50. The molecule has 0 bridgehead atoms. The Morgan fingerprint density at radius 2 is 1.93 bits per heavy atom. The van der Waals surface area contributed by atoms with E-state index in [0.717, 1.165) is 56.3 Å². The minimum atomic E-state index is 0.344. The molecule has 28 heavy (non-hydrogen) atoms. The molecular weight excluding hydrogens is 399 g/mol. The van der Waals surface area contributed by atoms with Crippen molar-refractivity contribution in [2.24, 2.45) is 0 Å². The molecule has 0 atom stereocenters. The van der Waals surface area contributed by atoms with E-state index < -0.39 is 0 Å². The molecule has 1 aliphatic rings. The minimum absolute atomic E-state index is 0.344. The number of methoxy groups -OCH3 is 1. The fourth-order valence-electron chi connectivity index (χ4n) is 3.10. The second kappa shape index (κ2) is 10.9. The summed E-state index contributed by atoms with van der Waals surface area (Å²) in [5.74, 6) is 1.44. The molecule has 7 heteroatoms. The highest BCUT2D eigenvalue weighted by atomic mass is 35.5. The Bertz CT molecular complexity index is 767. The number of morpholine rings is 1. The molecule has 152 valence electrons. The molecule has 5 nitrogen and oxygen atoms in total. The summed E-state index contributed by atoms with van der Waals surface area (Å²) in [7, 11) is 1.65. The van der Waals surface area contributed by atoms with E-state index in [1.165, 1.54) is 0 Å². The molecule has 2 aromatic rings. The first-order chi connectivity index (χ1) is 13.7. The smallest absolute Gasteiger partial charge is 0.166 e. The van der Waals surface area contributed by atoms with Gasteiger partial charge in [-0.15, -0.1) is 0 Å². The number of rotatable bonds is 9. The molecular formula is C21H26Cl2N2O3. The van der Waals surface area contributed by atoms with Gasteiger partial charge in [0.2, 0.25) is 0 Å². The molecule has 1 N–H and O–H groups in total. The fourth-order valence-corrected chi connectivity index (χ4v) is 3.56. The monoisotopic (exact) mass is 424 g/mol. The highest BCUT2D eigenvalue weighted by Gasteiger charge is 2.13. The maximum Gasteiger partial charge on any atom is 0.166 e. The van der Waals surface area contributed by atoms with Crippen LogP contribution in [-0.4, -0.2) is 51.4 Å². The van der Waals surface area contributed by atoms with E-state index in [0.29, 0.717) is 28.9 Å². The van der Waals surface area contributed by atoms with Gasteiger partial charge >= 0.3 is 0 Å². The lowest BCUT2D eigenvalue weighted by molar-refractivity contribution is 0.0384. The van der Waals surface area contributed by atoms with Crippen molar-refractivity contribution in [2.75, 3.05) is 46.5 Å². The van der Waals surface area contributed by atoms with Crippen LogP contribution in [-0.2, 0) is 17.9 Å². The van der Waals surface area contributed by atoms with Crippen LogP contribution in [0.2, 0.25) is 10.0 Å². The first kappa shape index (κ1) is 21.2. The van der Waals surface area contributed by atoms with Crippen LogP contribution in [0.25, 0.3) is 0 Å². The van der Waals surface area contributed by atoms with Crippen LogP contribution in [0, 0.1) is 0 Å². The maximum absolute atomic E-state index is 6.26. The first-order valence-electron chi connectivity index (χ1n) is 9.41. The van der Waals surface area contributed by atoms with Gasteiger partial charge in [-0.1, -0.05) is 41.4 Å². The fraction of sp³-hybridized carbons (Fsp3) is 0.429. The zero-order valence-corrected chi connectivity index (χ0v) is 17.6. The number of nitrogens with zero attached hydrogens (tertiary/aromatic N) is 1. The Labute approximate surface area is 176 Å². The third kappa shape index (κ3) is 6.00. The van der Waals surface area contributed by atoms with Crippen molar-refractivity contribution < 1.29 is 14.2 Å². The summed E-state index contributed by atoms with van der Waals surface area (Å²) in [5.41, 5.74) is 1.93. The van der Waals surface area contributed by atoms with E-state index in [9.17, 15) is 0 Å². The van der Waals surface area contributed by atoms with Crippen LogP contribution >= 0.6 is 23.2 Å². The highest BCUT2D eigenvalue weighted by molar-refractivity contribution is 6.35. The molecule has 1 saturated heterocycles. The second-order valence-corrected chi connectivity index (χ2v) is 7.45. The number of ether oxygens (including phenoxy) is 3. The number of benzene rings is 2. The highest BCUT2D eigenvalue weighted by Crippen LogP contribution is 2.32. The molecule has 0 saturated carbocycles. The van der Waals surface area contributed by atoms with Crippen molar-refractivity contribution in [3.05, 3.63) is 57.6 Å². The molecule has 0 unspecified atom stereocenters. The van der Waals surface area contributed by atoms with E-state index in [2.05, 4.69) is 10.2 Å². The number of nitrogens with one attached hydrogen (secondary N) is 1. The summed E-state index contributed by atoms with van der Waals surface area (Å²) in [6.45, 7) is 6.59. The topological polar surface area (TPSA) is 43.0 Å². The van der Waals surface area contributed by atoms with E-state index >= 15 is 0 Å². The van der Waals surface area contributed by atoms with Gasteiger partial charge in [-0.2, -0.15) is 0 Å². The number of hydrogen-bond donors (Lipinski definition) is 1. The predicted molar refractivity (Wildman–Crippen MR) is 113 cm³/mol. The molecule has 0 aliphatic carbocycles. The van der Waals surface area contributed by atoms with E-state index in [1.807, 2.05) is 30.3 Å². The van der Waals surface area contributed by atoms with Crippen LogP contribution in [0.4, 0.5) is 0 Å². The van der Waals surface area contributed by atoms with E-state index in [1.54, 1.807) is 13.2 Å². The third-order valence-electron chi connectivity index (χ3n) is 4.69. The van der Waals surface area contributed by atoms with Gasteiger partial charge < -0.3 is 19.5 Å². The van der Waals surface area contributed by atoms with Gasteiger partial charge in [-0.05, 0) is 18.2 Å². The van der Waals surface area contributed by atoms with Gasteiger partial charge in [-0.3, -0.25) is 4.90 Å². The molecule has 1 aliphatic heterocycles. The van der Waals surface area contributed by atoms with Crippen molar-refractivity contribution in [3.8, 4) is 11.5 Å². The summed E-state index contributed by atoms with van der Waals surface area (Å²) >= 11 is 12.2. The maximum atomic E-state index is 6.26. The normalized spacial score (nSPS) is 14.8. The average Bonchev–Trinajstić information content (AvgIpc) is 2.71. The molecule has 0 spiro atoms. The van der Waals surface area contributed by atoms with Crippen molar-refractivity contribution in [3.63, 3.8) is 0 Å². The Kier molecular flexibility index (Phi) is 8.25. The largest absolute Gasteiger partial charge is 0.493 e. The Balaban J connectivity index is 1.59. The lowest BCUT2D eigenvalue weighted by Crippen LogP contribution is -2.40. The SMILES string of the molecule is COc1cccc(CNCCN2CCOCC2)c1OCc1ccc(Cl)cc1Cl. The van der Waals surface area contributed by atoms with Crippen molar-refractivity contribution >= 4 is 23.2 Å². The molecule has 2 aromatic carbocycles. The first-order valence-corrected chi connectivity index (χ1v) is 10.2. The van der Waals surface area contributed by atoms with Crippen molar-refractivity contribution in [2.45, 2.75) is 13.2 Å². The van der Waals surface area contributed by atoms with Crippen molar-refractivity contribution in [1.29, 1.82) is 0 Å². The summed E-state index contributed by atoms with van der Waals surface area (Å²) in [6, 6.07) is 11.3. The Morgan fingerprint density at radius 1 is 1.11 bits per heavy atom. The number of halogens is 2. The molecule has 1 heterocycles.